The van der Waals surface area contributed by atoms with E-state index in [1.807, 2.05) is 77.6 Å². The Morgan fingerprint density at radius 3 is 2.50 bits per heavy atom. The molecule has 0 radical (unpaired) electrons. The van der Waals surface area contributed by atoms with Gasteiger partial charge in [0.1, 0.15) is 11.4 Å². The average molecular weight is 426 g/mol. The van der Waals surface area contributed by atoms with E-state index in [1.165, 1.54) is 6.92 Å². The summed E-state index contributed by atoms with van der Waals surface area (Å²) in [6.07, 6.45) is 4.15. The van der Waals surface area contributed by atoms with Gasteiger partial charge in [0.05, 0.1) is 30.8 Å². The summed E-state index contributed by atoms with van der Waals surface area (Å²) in [7, 11) is 1.64. The molecule has 7 heteroatoms. The molecule has 3 heterocycles. The molecular formula is C25H22N4O3. The highest BCUT2D eigenvalue weighted by Gasteiger charge is 2.35. The highest BCUT2D eigenvalue weighted by Crippen LogP contribution is 2.38. The Labute approximate surface area is 185 Å². The third-order valence-electron chi connectivity index (χ3n) is 5.53. The molecule has 7 nitrogen and oxygen atoms in total. The van der Waals surface area contributed by atoms with Crippen molar-refractivity contribution in [1.29, 1.82) is 0 Å². The van der Waals surface area contributed by atoms with Crippen LogP contribution in [0.1, 0.15) is 30.5 Å². The number of carbonyl (C=O) groups excluding carboxylic acids is 1. The van der Waals surface area contributed by atoms with Gasteiger partial charge in [-0.15, -0.1) is 0 Å². The molecule has 0 aliphatic carbocycles. The third-order valence-corrected chi connectivity index (χ3v) is 5.53. The lowest BCUT2D eigenvalue weighted by molar-refractivity contribution is -0.130. The van der Waals surface area contributed by atoms with Crippen LogP contribution in [-0.2, 0) is 4.79 Å². The van der Waals surface area contributed by atoms with E-state index in [-0.39, 0.29) is 11.9 Å². The molecule has 4 aromatic rings. The summed E-state index contributed by atoms with van der Waals surface area (Å²) in [5.74, 6) is 1.30. The summed E-state index contributed by atoms with van der Waals surface area (Å²) in [5, 5.41) is 11.0. The smallest absolute Gasteiger partial charge is 0.240 e. The van der Waals surface area contributed by atoms with Gasteiger partial charge in [-0.05, 0) is 54.1 Å². The number of aromatic nitrogens is 2. The first-order chi connectivity index (χ1) is 15.6. The fourth-order valence-corrected chi connectivity index (χ4v) is 3.95. The van der Waals surface area contributed by atoms with E-state index in [4.69, 9.17) is 14.3 Å². The van der Waals surface area contributed by atoms with Gasteiger partial charge in [0.2, 0.25) is 5.91 Å². The first-order valence-electron chi connectivity index (χ1n) is 10.3. The molecule has 0 N–H and O–H groups in total. The highest BCUT2D eigenvalue weighted by atomic mass is 16.5. The molecule has 1 amide bonds. The van der Waals surface area contributed by atoms with Crippen LogP contribution < -0.4 is 4.74 Å². The van der Waals surface area contributed by atoms with E-state index >= 15 is 0 Å². The minimum absolute atomic E-state index is 0.128. The molecule has 1 atom stereocenters. The van der Waals surface area contributed by atoms with Crippen molar-refractivity contribution in [1.82, 2.24) is 14.8 Å². The van der Waals surface area contributed by atoms with Crippen LogP contribution in [0.15, 0.2) is 88.7 Å². The maximum Gasteiger partial charge on any atom is 0.240 e. The number of benzene rings is 2. The van der Waals surface area contributed by atoms with Crippen LogP contribution in [0, 0.1) is 0 Å². The van der Waals surface area contributed by atoms with E-state index in [1.54, 1.807) is 18.4 Å². The number of ether oxygens (including phenoxy) is 1. The van der Waals surface area contributed by atoms with Crippen molar-refractivity contribution in [3.63, 3.8) is 0 Å². The SMILES string of the molecule is COc1ccc(C2=NN(C(C)=O)[C@@H](c3cn(-c4ccccc4)nc3-c3ccco3)C2)cc1. The van der Waals surface area contributed by atoms with Gasteiger partial charge in [-0.1, -0.05) is 18.2 Å². The fraction of sp³-hybridized carbons (Fsp3) is 0.160. The largest absolute Gasteiger partial charge is 0.497 e. The molecule has 5 rings (SSSR count). The van der Waals surface area contributed by atoms with Crippen molar-refractivity contribution >= 4 is 11.6 Å². The molecule has 2 aromatic heterocycles. The van der Waals surface area contributed by atoms with Gasteiger partial charge in [0.25, 0.3) is 0 Å². The lowest BCUT2D eigenvalue weighted by Crippen LogP contribution is -2.24. The number of furan rings is 1. The fourth-order valence-electron chi connectivity index (χ4n) is 3.95. The molecule has 0 saturated heterocycles. The number of hydrogen-bond donors (Lipinski definition) is 0. The maximum absolute atomic E-state index is 12.5. The van der Waals surface area contributed by atoms with Gasteiger partial charge < -0.3 is 9.15 Å². The number of carbonyl (C=O) groups is 1. The molecule has 1 aliphatic rings. The Balaban J connectivity index is 1.57. The number of para-hydroxylation sites is 1. The first kappa shape index (κ1) is 19.8. The van der Waals surface area contributed by atoms with Crippen molar-refractivity contribution in [2.24, 2.45) is 5.10 Å². The molecular weight excluding hydrogens is 404 g/mol. The van der Waals surface area contributed by atoms with Gasteiger partial charge in [-0.3, -0.25) is 4.79 Å². The minimum atomic E-state index is -0.290. The van der Waals surface area contributed by atoms with E-state index in [2.05, 4.69) is 5.10 Å². The summed E-state index contributed by atoms with van der Waals surface area (Å²) in [5.41, 5.74) is 4.29. The maximum atomic E-state index is 12.5. The number of nitrogens with zero attached hydrogens (tertiary/aromatic N) is 4. The Kier molecular flexibility index (Phi) is 5.07. The monoisotopic (exact) mass is 426 g/mol. The van der Waals surface area contributed by atoms with Crippen molar-refractivity contribution in [2.45, 2.75) is 19.4 Å². The predicted octanol–water partition coefficient (Wildman–Crippen LogP) is 4.84. The molecule has 32 heavy (non-hydrogen) atoms. The topological polar surface area (TPSA) is 72.9 Å². The van der Waals surface area contributed by atoms with Gasteiger partial charge in [-0.25, -0.2) is 9.69 Å². The molecule has 0 spiro atoms. The van der Waals surface area contributed by atoms with Crippen LogP contribution in [0.3, 0.4) is 0 Å². The van der Waals surface area contributed by atoms with Crippen LogP contribution >= 0.6 is 0 Å². The predicted molar refractivity (Wildman–Crippen MR) is 121 cm³/mol. The molecule has 0 bridgehead atoms. The Bertz CT molecular complexity index is 1260. The second kappa shape index (κ2) is 8.19. The zero-order valence-corrected chi connectivity index (χ0v) is 17.8. The van der Waals surface area contributed by atoms with E-state index in [0.29, 0.717) is 17.9 Å². The molecule has 2 aromatic carbocycles. The molecule has 0 fully saturated rings. The lowest BCUT2D eigenvalue weighted by Gasteiger charge is -2.19. The zero-order valence-electron chi connectivity index (χ0n) is 17.8. The molecule has 160 valence electrons. The lowest BCUT2D eigenvalue weighted by atomic mass is 9.98. The Morgan fingerprint density at radius 2 is 1.84 bits per heavy atom. The number of amides is 1. The minimum Gasteiger partial charge on any atom is -0.497 e. The summed E-state index contributed by atoms with van der Waals surface area (Å²) < 4.78 is 12.7. The summed E-state index contributed by atoms with van der Waals surface area (Å²) in [6, 6.07) is 21.0. The standard InChI is InChI=1S/C25H22N4O3/c1-17(30)29-23(15-22(26-29)18-10-12-20(31-2)13-11-18)21-16-28(19-7-4-3-5-8-19)27-25(21)24-9-6-14-32-24/h3-14,16,23H,15H2,1-2H3/t23-/m1/s1. The quantitative estimate of drug-likeness (QED) is 0.458. The second-order valence-electron chi connectivity index (χ2n) is 7.55. The van der Waals surface area contributed by atoms with Crippen LogP contribution in [0.2, 0.25) is 0 Å². The van der Waals surface area contributed by atoms with Gasteiger partial charge in [0, 0.05) is 25.1 Å². The second-order valence-corrected chi connectivity index (χ2v) is 7.55. The van der Waals surface area contributed by atoms with E-state index < -0.39 is 0 Å². The number of methoxy groups -OCH3 is 1. The molecule has 1 aliphatic heterocycles. The third kappa shape index (κ3) is 3.58. The van der Waals surface area contributed by atoms with Crippen LogP contribution in [0.25, 0.3) is 17.1 Å². The van der Waals surface area contributed by atoms with Crippen molar-refractivity contribution < 1.29 is 13.9 Å². The van der Waals surface area contributed by atoms with Gasteiger partial charge in [0.15, 0.2) is 5.76 Å². The normalized spacial score (nSPS) is 15.6. The van der Waals surface area contributed by atoms with Crippen molar-refractivity contribution in [2.75, 3.05) is 7.11 Å². The zero-order chi connectivity index (χ0) is 22.1. The van der Waals surface area contributed by atoms with Crippen LogP contribution in [0.5, 0.6) is 5.75 Å². The first-order valence-corrected chi connectivity index (χ1v) is 10.3. The van der Waals surface area contributed by atoms with Crippen LogP contribution in [0.4, 0.5) is 0 Å². The molecule has 0 saturated carbocycles. The van der Waals surface area contributed by atoms with E-state index in [0.717, 1.165) is 28.3 Å². The van der Waals surface area contributed by atoms with Crippen LogP contribution in [-0.4, -0.2) is 33.5 Å². The highest BCUT2D eigenvalue weighted by molar-refractivity contribution is 6.03. The van der Waals surface area contributed by atoms with Crippen molar-refractivity contribution in [3.8, 4) is 22.9 Å². The van der Waals surface area contributed by atoms with Gasteiger partial charge in [-0.2, -0.15) is 10.2 Å². The summed E-state index contributed by atoms with van der Waals surface area (Å²) >= 11 is 0. The number of rotatable bonds is 5. The Hall–Kier alpha value is -4.13. The van der Waals surface area contributed by atoms with Crippen molar-refractivity contribution in [3.05, 3.63) is 90.3 Å². The number of hydrogen-bond acceptors (Lipinski definition) is 5. The van der Waals surface area contributed by atoms with E-state index in [9.17, 15) is 4.79 Å². The Morgan fingerprint density at radius 1 is 1.06 bits per heavy atom. The summed E-state index contributed by atoms with van der Waals surface area (Å²) in [6.45, 7) is 1.53. The average Bonchev–Trinajstić information content (AvgIpc) is 3.58. The van der Waals surface area contributed by atoms with Gasteiger partial charge >= 0.3 is 0 Å². The number of hydrazone groups is 1. The molecule has 0 unspecified atom stereocenters. The summed E-state index contributed by atoms with van der Waals surface area (Å²) in [4.78, 5) is 12.5.